The number of hydrogen-bond acceptors (Lipinski definition) is 7. The third-order valence-electron chi connectivity index (χ3n) is 4.33. The third kappa shape index (κ3) is 3.60. The van der Waals surface area contributed by atoms with Crippen LogP contribution in [0.2, 0.25) is 0 Å². The molecule has 4 rings (SSSR count). The maximum absolute atomic E-state index is 12.4. The highest BCUT2D eigenvalue weighted by atomic mass is 16.7. The zero-order valence-electron chi connectivity index (χ0n) is 14.5. The summed E-state index contributed by atoms with van der Waals surface area (Å²) in [5.41, 5.74) is 0.259. The van der Waals surface area contributed by atoms with Crippen LogP contribution in [-0.2, 0) is 11.3 Å². The van der Waals surface area contributed by atoms with Crippen molar-refractivity contribution >= 4 is 5.91 Å². The second-order valence-corrected chi connectivity index (χ2v) is 6.25. The van der Waals surface area contributed by atoms with Gasteiger partial charge in [0.1, 0.15) is 12.0 Å². The van der Waals surface area contributed by atoms with Crippen LogP contribution < -0.4 is 14.2 Å². The molecule has 1 atom stereocenters. The number of fused-ring (bicyclic) bond motifs is 1. The minimum Gasteiger partial charge on any atom is -0.484 e. The highest BCUT2D eigenvalue weighted by molar-refractivity contribution is 5.91. The molecule has 138 valence electrons. The molecule has 8 heteroatoms. The molecular formula is C18H20N2O6. The van der Waals surface area contributed by atoms with E-state index in [4.69, 9.17) is 23.4 Å². The van der Waals surface area contributed by atoms with E-state index in [1.54, 1.807) is 30.1 Å². The Balaban J connectivity index is 1.33. The lowest BCUT2D eigenvalue weighted by Gasteiger charge is -2.19. The number of amides is 1. The summed E-state index contributed by atoms with van der Waals surface area (Å²) in [5.74, 6) is 2.07. The van der Waals surface area contributed by atoms with E-state index in [0.29, 0.717) is 29.7 Å². The summed E-state index contributed by atoms with van der Waals surface area (Å²) < 4.78 is 27.1. The van der Waals surface area contributed by atoms with Crippen LogP contribution in [0.15, 0.2) is 28.9 Å². The van der Waals surface area contributed by atoms with Crippen molar-refractivity contribution in [1.29, 1.82) is 0 Å². The molecule has 26 heavy (non-hydrogen) atoms. The van der Waals surface area contributed by atoms with Gasteiger partial charge in [-0.25, -0.2) is 4.98 Å². The number of carbonyl (C=O) groups excluding carboxylic acids is 1. The van der Waals surface area contributed by atoms with E-state index in [2.05, 4.69) is 4.98 Å². The van der Waals surface area contributed by atoms with Crippen molar-refractivity contribution in [2.24, 2.45) is 0 Å². The molecule has 0 saturated carbocycles. The Hall–Kier alpha value is -2.74. The quantitative estimate of drug-likeness (QED) is 0.781. The molecule has 0 unspecified atom stereocenters. The van der Waals surface area contributed by atoms with Crippen molar-refractivity contribution in [3.63, 3.8) is 0 Å². The minimum atomic E-state index is -0.196. The number of rotatable bonds is 6. The van der Waals surface area contributed by atoms with Gasteiger partial charge in [0.15, 0.2) is 23.8 Å². The average molecular weight is 360 g/mol. The Kier molecular flexibility index (Phi) is 4.66. The van der Waals surface area contributed by atoms with Gasteiger partial charge in [-0.2, -0.15) is 0 Å². The van der Waals surface area contributed by atoms with Gasteiger partial charge in [-0.05, 0) is 25.0 Å². The fourth-order valence-electron chi connectivity index (χ4n) is 2.96. The summed E-state index contributed by atoms with van der Waals surface area (Å²) in [6.45, 7) is 1.64. The van der Waals surface area contributed by atoms with Crippen LogP contribution >= 0.6 is 0 Å². The topological polar surface area (TPSA) is 83.3 Å². The summed E-state index contributed by atoms with van der Waals surface area (Å²) in [6, 6.07) is 5.30. The van der Waals surface area contributed by atoms with Crippen LogP contribution in [0.3, 0.4) is 0 Å². The summed E-state index contributed by atoms with van der Waals surface area (Å²) in [6.07, 6.45) is 3.47. The highest BCUT2D eigenvalue weighted by Gasteiger charge is 2.23. The first-order chi connectivity index (χ1) is 12.7. The zero-order chi connectivity index (χ0) is 17.9. The molecule has 2 aliphatic rings. The first kappa shape index (κ1) is 16.7. The molecule has 1 saturated heterocycles. The minimum absolute atomic E-state index is 0.102. The predicted molar refractivity (Wildman–Crippen MR) is 89.3 cm³/mol. The van der Waals surface area contributed by atoms with E-state index in [0.717, 1.165) is 19.4 Å². The lowest BCUT2D eigenvalue weighted by molar-refractivity contribution is 0.0582. The molecule has 2 aliphatic heterocycles. The number of hydrogen-bond donors (Lipinski definition) is 0. The molecule has 1 amide bonds. The van der Waals surface area contributed by atoms with Crippen molar-refractivity contribution in [2.45, 2.75) is 25.6 Å². The Morgan fingerprint density at radius 3 is 3.08 bits per heavy atom. The van der Waals surface area contributed by atoms with Crippen molar-refractivity contribution in [3.05, 3.63) is 36.0 Å². The van der Waals surface area contributed by atoms with Crippen LogP contribution in [0.1, 0.15) is 29.2 Å². The normalized spacial score (nSPS) is 18.1. The summed E-state index contributed by atoms with van der Waals surface area (Å²) in [7, 11) is 1.74. The number of carbonyl (C=O) groups is 1. The molecule has 1 aromatic carbocycles. The number of nitrogens with zero attached hydrogens (tertiary/aromatic N) is 2. The zero-order valence-corrected chi connectivity index (χ0v) is 14.5. The Morgan fingerprint density at radius 1 is 1.35 bits per heavy atom. The SMILES string of the molecule is CN(C[C@@H]1CCCO1)C(=O)c1coc(COc2ccc3c(c2)OCO3)n1. The van der Waals surface area contributed by atoms with Crippen LogP contribution in [-0.4, -0.2) is 48.9 Å². The fourth-order valence-corrected chi connectivity index (χ4v) is 2.96. The average Bonchev–Trinajstić information content (AvgIpc) is 3.40. The molecule has 0 bridgehead atoms. The van der Waals surface area contributed by atoms with Gasteiger partial charge in [0.2, 0.25) is 12.7 Å². The molecule has 1 aromatic heterocycles. The molecular weight excluding hydrogens is 340 g/mol. The third-order valence-corrected chi connectivity index (χ3v) is 4.33. The van der Waals surface area contributed by atoms with Gasteiger partial charge in [0.25, 0.3) is 5.91 Å². The molecule has 3 heterocycles. The first-order valence-corrected chi connectivity index (χ1v) is 8.53. The number of ether oxygens (including phenoxy) is 4. The van der Waals surface area contributed by atoms with Crippen LogP contribution in [0.5, 0.6) is 17.2 Å². The van der Waals surface area contributed by atoms with Gasteiger partial charge in [-0.3, -0.25) is 4.79 Å². The van der Waals surface area contributed by atoms with E-state index >= 15 is 0 Å². The van der Waals surface area contributed by atoms with Gasteiger partial charge < -0.3 is 28.3 Å². The van der Waals surface area contributed by atoms with E-state index < -0.39 is 0 Å². The smallest absolute Gasteiger partial charge is 0.275 e. The lowest BCUT2D eigenvalue weighted by Crippen LogP contribution is -2.34. The fraction of sp³-hybridized carbons (Fsp3) is 0.444. The number of aromatic nitrogens is 1. The van der Waals surface area contributed by atoms with E-state index in [9.17, 15) is 4.79 Å². The maximum atomic E-state index is 12.4. The molecule has 0 spiro atoms. The van der Waals surface area contributed by atoms with Crippen molar-refractivity contribution in [2.75, 3.05) is 27.0 Å². The summed E-state index contributed by atoms with van der Waals surface area (Å²) in [5, 5.41) is 0. The Labute approximate surface area is 150 Å². The second-order valence-electron chi connectivity index (χ2n) is 6.25. The largest absolute Gasteiger partial charge is 0.484 e. The van der Waals surface area contributed by atoms with Crippen molar-refractivity contribution < 1.29 is 28.2 Å². The monoisotopic (exact) mass is 360 g/mol. The first-order valence-electron chi connectivity index (χ1n) is 8.53. The van der Waals surface area contributed by atoms with Gasteiger partial charge in [-0.1, -0.05) is 0 Å². The number of benzene rings is 1. The highest BCUT2D eigenvalue weighted by Crippen LogP contribution is 2.35. The molecule has 1 fully saturated rings. The molecule has 0 radical (unpaired) electrons. The van der Waals surface area contributed by atoms with Gasteiger partial charge >= 0.3 is 0 Å². The lowest BCUT2D eigenvalue weighted by atomic mass is 10.2. The molecule has 0 N–H and O–H groups in total. The van der Waals surface area contributed by atoms with Crippen LogP contribution in [0, 0.1) is 0 Å². The van der Waals surface area contributed by atoms with Gasteiger partial charge in [0.05, 0.1) is 6.10 Å². The molecule has 0 aliphatic carbocycles. The van der Waals surface area contributed by atoms with E-state index in [-0.39, 0.29) is 31.1 Å². The van der Waals surface area contributed by atoms with Gasteiger partial charge in [0, 0.05) is 26.3 Å². The van der Waals surface area contributed by atoms with Gasteiger partial charge in [-0.15, -0.1) is 0 Å². The standard InChI is InChI=1S/C18H20N2O6/c1-20(8-13-3-2-6-22-13)18(21)14-9-24-17(19-14)10-23-12-4-5-15-16(7-12)26-11-25-15/h4-5,7,9,13H,2-3,6,8,10-11H2,1H3/t13-/m0/s1. The van der Waals surface area contributed by atoms with Crippen LogP contribution in [0.25, 0.3) is 0 Å². The van der Waals surface area contributed by atoms with Crippen molar-refractivity contribution in [1.82, 2.24) is 9.88 Å². The number of oxazole rings is 1. The predicted octanol–water partition coefficient (Wildman–Crippen LogP) is 2.23. The van der Waals surface area contributed by atoms with E-state index in [1.807, 2.05) is 0 Å². The summed E-state index contributed by atoms with van der Waals surface area (Å²) in [4.78, 5) is 18.2. The second kappa shape index (κ2) is 7.25. The van der Waals surface area contributed by atoms with Crippen molar-refractivity contribution in [3.8, 4) is 17.2 Å². The number of likely N-dealkylation sites (N-methyl/N-ethyl adjacent to an activating group) is 1. The van der Waals surface area contributed by atoms with Crippen LogP contribution in [0.4, 0.5) is 0 Å². The Bertz CT molecular complexity index is 784. The maximum Gasteiger partial charge on any atom is 0.275 e. The van der Waals surface area contributed by atoms with E-state index in [1.165, 1.54) is 6.26 Å². The summed E-state index contributed by atoms with van der Waals surface area (Å²) >= 11 is 0. The Morgan fingerprint density at radius 2 is 2.23 bits per heavy atom. The molecule has 2 aromatic rings. The molecule has 8 nitrogen and oxygen atoms in total.